The Morgan fingerprint density at radius 1 is 1.15 bits per heavy atom. The molecule has 0 aliphatic rings. The molecule has 20 heavy (non-hydrogen) atoms. The second-order valence-electron chi connectivity index (χ2n) is 4.52. The Labute approximate surface area is 117 Å². The summed E-state index contributed by atoms with van der Waals surface area (Å²) < 4.78 is 32.7. The van der Waals surface area contributed by atoms with Crippen molar-refractivity contribution in [2.45, 2.75) is 20.4 Å². The molecule has 0 saturated heterocycles. The standard InChI is InChI=1S/C16H17F2NO/c1-3-19-10-12-5-4-6-14(18)16(12)20-15-8-7-13(17)9-11(15)2/h4-9,19H,3,10H2,1-2H3. The lowest BCUT2D eigenvalue weighted by Gasteiger charge is -2.14. The Balaban J connectivity index is 2.32. The molecule has 0 unspecified atom stereocenters. The number of aryl methyl sites for hydroxylation is 1. The summed E-state index contributed by atoms with van der Waals surface area (Å²) in [6.45, 7) is 5.00. The van der Waals surface area contributed by atoms with Crippen molar-refractivity contribution in [2.75, 3.05) is 6.54 Å². The SMILES string of the molecule is CCNCc1cccc(F)c1Oc1ccc(F)cc1C. The Bertz CT molecular complexity index is 599. The van der Waals surface area contributed by atoms with Crippen LogP contribution < -0.4 is 10.1 Å². The average molecular weight is 277 g/mol. The fourth-order valence-electron chi connectivity index (χ4n) is 1.90. The van der Waals surface area contributed by atoms with Crippen LogP contribution in [0.2, 0.25) is 0 Å². The minimum atomic E-state index is -0.427. The number of hydrogen-bond acceptors (Lipinski definition) is 2. The van der Waals surface area contributed by atoms with Gasteiger partial charge in [-0.15, -0.1) is 0 Å². The number of hydrogen-bond donors (Lipinski definition) is 1. The molecule has 4 heteroatoms. The number of halogens is 2. The zero-order chi connectivity index (χ0) is 14.5. The molecule has 2 rings (SSSR count). The molecule has 2 aromatic carbocycles. The van der Waals surface area contributed by atoms with Crippen LogP contribution in [0.4, 0.5) is 8.78 Å². The van der Waals surface area contributed by atoms with Crippen molar-refractivity contribution in [3.05, 3.63) is 59.2 Å². The molecule has 0 atom stereocenters. The Morgan fingerprint density at radius 2 is 1.95 bits per heavy atom. The van der Waals surface area contributed by atoms with Crippen LogP contribution in [-0.2, 0) is 6.54 Å². The minimum absolute atomic E-state index is 0.183. The van der Waals surface area contributed by atoms with E-state index in [2.05, 4.69) is 5.32 Å². The lowest BCUT2D eigenvalue weighted by molar-refractivity contribution is 0.430. The maximum atomic E-state index is 13.9. The Kier molecular flexibility index (Phi) is 4.69. The minimum Gasteiger partial charge on any atom is -0.454 e. The third kappa shape index (κ3) is 3.33. The van der Waals surface area contributed by atoms with E-state index in [1.54, 1.807) is 19.1 Å². The summed E-state index contributed by atoms with van der Waals surface area (Å²) in [4.78, 5) is 0. The molecule has 2 nitrogen and oxygen atoms in total. The van der Waals surface area contributed by atoms with Gasteiger partial charge in [-0.25, -0.2) is 8.78 Å². The normalized spacial score (nSPS) is 10.6. The first-order chi connectivity index (χ1) is 9.61. The lowest BCUT2D eigenvalue weighted by Crippen LogP contribution is -2.12. The largest absolute Gasteiger partial charge is 0.454 e. The summed E-state index contributed by atoms with van der Waals surface area (Å²) >= 11 is 0. The van der Waals surface area contributed by atoms with Crippen molar-refractivity contribution < 1.29 is 13.5 Å². The molecule has 0 aliphatic carbocycles. The molecule has 0 radical (unpaired) electrons. The smallest absolute Gasteiger partial charge is 0.167 e. The van der Waals surface area contributed by atoms with Crippen LogP contribution in [0.5, 0.6) is 11.5 Å². The second kappa shape index (κ2) is 6.48. The topological polar surface area (TPSA) is 21.3 Å². The van der Waals surface area contributed by atoms with Crippen LogP contribution in [-0.4, -0.2) is 6.54 Å². The van der Waals surface area contributed by atoms with Crippen molar-refractivity contribution in [3.63, 3.8) is 0 Å². The quantitative estimate of drug-likeness (QED) is 0.885. The van der Waals surface area contributed by atoms with Crippen LogP contribution in [0.25, 0.3) is 0 Å². The van der Waals surface area contributed by atoms with Crippen LogP contribution in [0.1, 0.15) is 18.1 Å². The highest BCUT2D eigenvalue weighted by molar-refractivity contribution is 5.42. The third-order valence-electron chi connectivity index (χ3n) is 2.96. The highest BCUT2D eigenvalue weighted by Crippen LogP contribution is 2.30. The summed E-state index contributed by atoms with van der Waals surface area (Å²) in [5.74, 6) is -0.127. The van der Waals surface area contributed by atoms with Gasteiger partial charge in [0.25, 0.3) is 0 Å². The van der Waals surface area contributed by atoms with Gasteiger partial charge in [-0.1, -0.05) is 19.1 Å². The maximum absolute atomic E-state index is 13.9. The fourth-order valence-corrected chi connectivity index (χ4v) is 1.90. The van der Waals surface area contributed by atoms with Gasteiger partial charge in [0, 0.05) is 12.1 Å². The first-order valence-electron chi connectivity index (χ1n) is 6.54. The van der Waals surface area contributed by atoms with Crippen LogP contribution in [0.3, 0.4) is 0 Å². The number of para-hydroxylation sites is 1. The molecule has 0 aliphatic heterocycles. The number of nitrogens with one attached hydrogen (secondary N) is 1. The van der Waals surface area contributed by atoms with Gasteiger partial charge in [0.2, 0.25) is 0 Å². The predicted octanol–water partition coefficient (Wildman–Crippen LogP) is 4.18. The summed E-state index contributed by atoms with van der Waals surface area (Å²) in [7, 11) is 0. The van der Waals surface area contributed by atoms with E-state index in [0.717, 1.165) is 12.1 Å². The molecule has 0 bridgehead atoms. The molecule has 0 fully saturated rings. The van der Waals surface area contributed by atoms with Gasteiger partial charge in [0.15, 0.2) is 11.6 Å². The van der Waals surface area contributed by atoms with Crippen molar-refractivity contribution in [3.8, 4) is 11.5 Å². The molecule has 0 heterocycles. The van der Waals surface area contributed by atoms with E-state index in [4.69, 9.17) is 4.74 Å². The highest BCUT2D eigenvalue weighted by atomic mass is 19.1. The van der Waals surface area contributed by atoms with Gasteiger partial charge in [-0.05, 0) is 43.3 Å². The molecule has 0 saturated carbocycles. The second-order valence-corrected chi connectivity index (χ2v) is 4.52. The van der Waals surface area contributed by atoms with E-state index >= 15 is 0 Å². The number of benzene rings is 2. The molecular weight excluding hydrogens is 260 g/mol. The first-order valence-corrected chi connectivity index (χ1v) is 6.54. The lowest BCUT2D eigenvalue weighted by atomic mass is 10.1. The number of ether oxygens (including phenoxy) is 1. The van der Waals surface area contributed by atoms with Gasteiger partial charge in [-0.3, -0.25) is 0 Å². The van der Waals surface area contributed by atoms with Gasteiger partial charge in [0.05, 0.1) is 0 Å². The summed E-state index contributed by atoms with van der Waals surface area (Å²) in [5, 5.41) is 3.14. The van der Waals surface area contributed by atoms with Gasteiger partial charge >= 0.3 is 0 Å². The summed E-state index contributed by atoms with van der Waals surface area (Å²) in [6.07, 6.45) is 0. The van der Waals surface area contributed by atoms with Crippen LogP contribution in [0.15, 0.2) is 36.4 Å². The fraction of sp³-hybridized carbons (Fsp3) is 0.250. The summed E-state index contributed by atoms with van der Waals surface area (Å²) in [5.41, 5.74) is 1.36. The van der Waals surface area contributed by atoms with Crippen molar-refractivity contribution in [2.24, 2.45) is 0 Å². The molecule has 0 amide bonds. The molecule has 106 valence electrons. The molecule has 0 spiro atoms. The van der Waals surface area contributed by atoms with Crippen molar-refractivity contribution >= 4 is 0 Å². The van der Waals surface area contributed by atoms with Gasteiger partial charge < -0.3 is 10.1 Å². The van der Waals surface area contributed by atoms with E-state index in [-0.39, 0.29) is 11.6 Å². The van der Waals surface area contributed by atoms with Gasteiger partial charge in [0.1, 0.15) is 11.6 Å². The number of rotatable bonds is 5. The molecule has 0 aromatic heterocycles. The molecule has 2 aromatic rings. The Hall–Kier alpha value is -1.94. The van der Waals surface area contributed by atoms with E-state index in [0.29, 0.717) is 17.9 Å². The maximum Gasteiger partial charge on any atom is 0.167 e. The third-order valence-corrected chi connectivity index (χ3v) is 2.96. The van der Waals surface area contributed by atoms with Gasteiger partial charge in [-0.2, -0.15) is 0 Å². The summed E-state index contributed by atoms with van der Waals surface area (Å²) in [6, 6.07) is 8.97. The van der Waals surface area contributed by atoms with Crippen molar-refractivity contribution in [1.29, 1.82) is 0 Å². The predicted molar refractivity (Wildman–Crippen MR) is 75.0 cm³/mol. The zero-order valence-corrected chi connectivity index (χ0v) is 11.5. The molecule has 1 N–H and O–H groups in total. The monoisotopic (exact) mass is 277 g/mol. The first kappa shape index (κ1) is 14.5. The average Bonchev–Trinajstić information content (AvgIpc) is 2.42. The van der Waals surface area contributed by atoms with Crippen LogP contribution in [0, 0.1) is 18.6 Å². The van der Waals surface area contributed by atoms with Crippen molar-refractivity contribution in [1.82, 2.24) is 5.32 Å². The molecular formula is C16H17F2NO. The van der Waals surface area contributed by atoms with E-state index in [1.165, 1.54) is 24.3 Å². The van der Waals surface area contributed by atoms with E-state index in [1.807, 2.05) is 6.92 Å². The Morgan fingerprint density at radius 3 is 2.65 bits per heavy atom. The highest BCUT2D eigenvalue weighted by Gasteiger charge is 2.12. The zero-order valence-electron chi connectivity index (χ0n) is 11.5. The van der Waals surface area contributed by atoms with E-state index in [9.17, 15) is 8.78 Å². The van der Waals surface area contributed by atoms with Crippen LogP contribution >= 0.6 is 0 Å². The van der Waals surface area contributed by atoms with E-state index < -0.39 is 5.82 Å².